The first-order valence-electron chi connectivity index (χ1n) is 8.26. The lowest BCUT2D eigenvalue weighted by Gasteiger charge is -2.15. The summed E-state index contributed by atoms with van der Waals surface area (Å²) in [6.07, 6.45) is 1.21. The maximum Gasteiger partial charge on any atom is 0.228 e. The number of amides is 1. The fourth-order valence-electron chi connectivity index (χ4n) is 2.86. The van der Waals surface area contributed by atoms with E-state index >= 15 is 0 Å². The molecule has 1 aromatic carbocycles. The number of aromatic nitrogens is 1. The maximum atomic E-state index is 12.3. The number of carbonyl (C=O) groups excluding carboxylic acids is 1. The zero-order valence-corrected chi connectivity index (χ0v) is 14.6. The van der Waals surface area contributed by atoms with E-state index in [1.807, 2.05) is 41.5 Å². The molecule has 0 spiro atoms. The van der Waals surface area contributed by atoms with Crippen molar-refractivity contribution in [2.45, 2.75) is 19.8 Å². The summed E-state index contributed by atoms with van der Waals surface area (Å²) in [5.74, 6) is 1.17. The molecule has 1 aliphatic rings. The lowest BCUT2D eigenvalue weighted by Crippen LogP contribution is -2.30. The Balaban J connectivity index is 1.62. The van der Waals surface area contributed by atoms with E-state index in [9.17, 15) is 9.90 Å². The molecular weight excluding hydrogens is 324 g/mol. The SMILES string of the molecule is CCOc1ccc(-c2nc(CC(=O)N3CCC(CO)C3)cs2)cc1. The summed E-state index contributed by atoms with van der Waals surface area (Å²) in [5.41, 5.74) is 1.84. The molecule has 0 aliphatic carbocycles. The molecule has 1 aromatic heterocycles. The molecule has 0 radical (unpaired) electrons. The highest BCUT2D eigenvalue weighted by atomic mass is 32.1. The Hall–Kier alpha value is -1.92. The smallest absolute Gasteiger partial charge is 0.228 e. The van der Waals surface area contributed by atoms with Crippen LogP contribution in [0.2, 0.25) is 0 Å². The zero-order chi connectivity index (χ0) is 16.9. The monoisotopic (exact) mass is 346 g/mol. The molecule has 0 bridgehead atoms. The molecule has 2 heterocycles. The number of benzene rings is 1. The number of thiazole rings is 1. The van der Waals surface area contributed by atoms with E-state index in [0.717, 1.165) is 35.0 Å². The molecule has 128 valence electrons. The number of carbonyl (C=O) groups is 1. The fraction of sp³-hybridized carbons (Fsp3) is 0.444. The van der Waals surface area contributed by atoms with Crippen LogP contribution in [-0.2, 0) is 11.2 Å². The van der Waals surface area contributed by atoms with Crippen molar-refractivity contribution in [1.82, 2.24) is 9.88 Å². The van der Waals surface area contributed by atoms with Crippen LogP contribution in [0.5, 0.6) is 5.75 Å². The van der Waals surface area contributed by atoms with Gasteiger partial charge in [0.15, 0.2) is 0 Å². The molecule has 1 amide bonds. The number of aliphatic hydroxyl groups is 1. The van der Waals surface area contributed by atoms with Gasteiger partial charge in [-0.05, 0) is 37.6 Å². The molecule has 1 unspecified atom stereocenters. The molecule has 2 aromatic rings. The zero-order valence-electron chi connectivity index (χ0n) is 13.8. The molecule has 6 heteroatoms. The van der Waals surface area contributed by atoms with Crippen LogP contribution >= 0.6 is 11.3 Å². The van der Waals surface area contributed by atoms with Gasteiger partial charge in [-0.15, -0.1) is 11.3 Å². The molecule has 1 atom stereocenters. The van der Waals surface area contributed by atoms with Crippen molar-refractivity contribution in [2.24, 2.45) is 5.92 Å². The highest BCUT2D eigenvalue weighted by Gasteiger charge is 2.26. The first-order chi connectivity index (χ1) is 11.7. The van der Waals surface area contributed by atoms with Crippen LogP contribution in [0.4, 0.5) is 0 Å². The third-order valence-electron chi connectivity index (χ3n) is 4.19. The van der Waals surface area contributed by atoms with E-state index in [4.69, 9.17) is 4.74 Å². The van der Waals surface area contributed by atoms with Gasteiger partial charge in [0.25, 0.3) is 0 Å². The van der Waals surface area contributed by atoms with Gasteiger partial charge in [0.1, 0.15) is 10.8 Å². The fourth-order valence-corrected chi connectivity index (χ4v) is 3.68. The lowest BCUT2D eigenvalue weighted by molar-refractivity contribution is -0.129. The summed E-state index contributed by atoms with van der Waals surface area (Å²) in [4.78, 5) is 18.7. The van der Waals surface area contributed by atoms with E-state index < -0.39 is 0 Å². The Labute approximate surface area is 145 Å². The lowest BCUT2D eigenvalue weighted by atomic mass is 10.1. The van der Waals surface area contributed by atoms with Crippen LogP contribution < -0.4 is 4.74 Å². The largest absolute Gasteiger partial charge is 0.494 e. The first-order valence-corrected chi connectivity index (χ1v) is 9.13. The summed E-state index contributed by atoms with van der Waals surface area (Å²) in [7, 11) is 0. The Morgan fingerprint density at radius 1 is 1.42 bits per heavy atom. The molecule has 1 saturated heterocycles. The van der Waals surface area contributed by atoms with E-state index in [1.54, 1.807) is 11.3 Å². The van der Waals surface area contributed by atoms with Crippen molar-refractivity contribution >= 4 is 17.2 Å². The summed E-state index contributed by atoms with van der Waals surface area (Å²) in [6.45, 7) is 4.16. The molecule has 24 heavy (non-hydrogen) atoms. The highest BCUT2D eigenvalue weighted by Crippen LogP contribution is 2.26. The number of nitrogens with zero attached hydrogens (tertiary/aromatic N) is 2. The minimum absolute atomic E-state index is 0.0921. The number of ether oxygens (including phenoxy) is 1. The Morgan fingerprint density at radius 3 is 2.88 bits per heavy atom. The standard InChI is InChI=1S/C18H22N2O3S/c1-2-23-16-5-3-14(4-6-16)18-19-15(12-24-18)9-17(22)20-8-7-13(10-20)11-21/h3-6,12-13,21H,2,7-11H2,1H3. The van der Waals surface area contributed by atoms with E-state index in [1.165, 1.54) is 0 Å². The van der Waals surface area contributed by atoms with E-state index in [2.05, 4.69) is 4.98 Å². The van der Waals surface area contributed by atoms with Crippen LogP contribution in [0.1, 0.15) is 19.0 Å². The van der Waals surface area contributed by atoms with E-state index in [0.29, 0.717) is 19.6 Å². The summed E-state index contributed by atoms with van der Waals surface area (Å²) < 4.78 is 5.44. The van der Waals surface area contributed by atoms with Crippen LogP contribution in [0.15, 0.2) is 29.6 Å². The summed E-state index contributed by atoms with van der Waals surface area (Å²) in [6, 6.07) is 7.85. The third kappa shape index (κ3) is 3.94. The Morgan fingerprint density at radius 2 is 2.21 bits per heavy atom. The highest BCUT2D eigenvalue weighted by molar-refractivity contribution is 7.13. The average Bonchev–Trinajstić information content (AvgIpc) is 3.25. The van der Waals surface area contributed by atoms with Gasteiger partial charge in [0, 0.05) is 36.6 Å². The molecule has 1 N–H and O–H groups in total. The second-order valence-corrected chi connectivity index (χ2v) is 6.81. The van der Waals surface area contributed by atoms with Gasteiger partial charge in [-0.25, -0.2) is 4.98 Å². The summed E-state index contributed by atoms with van der Waals surface area (Å²) in [5, 5.41) is 12.0. The van der Waals surface area contributed by atoms with Crippen molar-refractivity contribution in [3.8, 4) is 16.3 Å². The van der Waals surface area contributed by atoms with Crippen molar-refractivity contribution in [3.05, 3.63) is 35.3 Å². The number of likely N-dealkylation sites (tertiary alicyclic amines) is 1. The van der Waals surface area contributed by atoms with Gasteiger partial charge in [-0.1, -0.05) is 0 Å². The Kier molecular flexibility index (Phi) is 5.48. The molecular formula is C18H22N2O3S. The normalized spacial score (nSPS) is 17.2. The van der Waals surface area contributed by atoms with Gasteiger partial charge < -0.3 is 14.7 Å². The van der Waals surface area contributed by atoms with Gasteiger partial charge >= 0.3 is 0 Å². The molecule has 1 aliphatic heterocycles. The minimum atomic E-state index is 0.0921. The predicted octanol–water partition coefficient (Wildman–Crippen LogP) is 2.59. The second kappa shape index (κ2) is 7.77. The summed E-state index contributed by atoms with van der Waals surface area (Å²) >= 11 is 1.55. The maximum absolute atomic E-state index is 12.3. The van der Waals surface area contributed by atoms with Crippen molar-refractivity contribution < 1.29 is 14.6 Å². The van der Waals surface area contributed by atoms with Crippen LogP contribution in [0.25, 0.3) is 10.6 Å². The second-order valence-electron chi connectivity index (χ2n) is 5.96. The van der Waals surface area contributed by atoms with Crippen LogP contribution in [0, 0.1) is 5.92 Å². The number of hydrogen-bond acceptors (Lipinski definition) is 5. The quantitative estimate of drug-likeness (QED) is 0.873. The number of hydrogen-bond donors (Lipinski definition) is 1. The van der Waals surface area contributed by atoms with Gasteiger partial charge in [0.05, 0.1) is 18.7 Å². The Bertz CT molecular complexity index is 684. The van der Waals surface area contributed by atoms with Crippen LogP contribution in [0.3, 0.4) is 0 Å². The number of aliphatic hydroxyl groups excluding tert-OH is 1. The molecule has 0 saturated carbocycles. The molecule has 5 nitrogen and oxygen atoms in total. The first kappa shape index (κ1) is 16.9. The number of rotatable bonds is 6. The molecule has 1 fully saturated rings. The van der Waals surface area contributed by atoms with Gasteiger partial charge in [-0.2, -0.15) is 0 Å². The van der Waals surface area contributed by atoms with E-state index in [-0.39, 0.29) is 18.4 Å². The third-order valence-corrected chi connectivity index (χ3v) is 5.13. The van der Waals surface area contributed by atoms with Crippen molar-refractivity contribution in [2.75, 3.05) is 26.3 Å². The van der Waals surface area contributed by atoms with Gasteiger partial charge in [-0.3, -0.25) is 4.79 Å². The topological polar surface area (TPSA) is 62.7 Å². The average molecular weight is 346 g/mol. The minimum Gasteiger partial charge on any atom is -0.494 e. The van der Waals surface area contributed by atoms with Crippen molar-refractivity contribution in [1.29, 1.82) is 0 Å². The predicted molar refractivity (Wildman–Crippen MR) is 94.2 cm³/mol. The van der Waals surface area contributed by atoms with Crippen molar-refractivity contribution in [3.63, 3.8) is 0 Å². The van der Waals surface area contributed by atoms with Crippen LogP contribution in [-0.4, -0.2) is 47.2 Å². The van der Waals surface area contributed by atoms with Gasteiger partial charge in [0.2, 0.25) is 5.91 Å². The molecule has 3 rings (SSSR count).